The number of benzene rings is 1. The van der Waals surface area contributed by atoms with E-state index >= 15 is 0 Å². The third-order valence-electron chi connectivity index (χ3n) is 5.17. The number of nitrogens with one attached hydrogen (secondary N) is 1. The van der Waals surface area contributed by atoms with Crippen LogP contribution in [0.5, 0.6) is 11.5 Å². The number of aromatic nitrogens is 3. The molecule has 0 spiro atoms. The Morgan fingerprint density at radius 3 is 2.75 bits per heavy atom. The minimum Gasteiger partial charge on any atom is -0.490 e. The average Bonchev–Trinajstić information content (AvgIpc) is 3.09. The van der Waals surface area contributed by atoms with E-state index in [0.29, 0.717) is 19.8 Å². The highest BCUT2D eigenvalue weighted by Gasteiger charge is 2.21. The molecule has 28 heavy (non-hydrogen) atoms. The van der Waals surface area contributed by atoms with E-state index in [0.717, 1.165) is 65.6 Å². The zero-order valence-electron chi connectivity index (χ0n) is 15.6. The molecule has 1 N–H and O–H groups in total. The maximum Gasteiger partial charge on any atom is 0.166 e. The number of hydrogen-bond acceptors (Lipinski definition) is 6. The van der Waals surface area contributed by atoms with Gasteiger partial charge in [-0.2, -0.15) is 0 Å². The lowest BCUT2D eigenvalue weighted by Gasteiger charge is -2.15. The van der Waals surface area contributed by atoms with Crippen molar-refractivity contribution in [3.8, 4) is 22.9 Å². The summed E-state index contributed by atoms with van der Waals surface area (Å²) < 4.78 is 11.8. The normalized spacial score (nSPS) is 15.0. The molecule has 0 fully saturated rings. The van der Waals surface area contributed by atoms with Crippen LogP contribution in [0, 0.1) is 0 Å². The number of ether oxygens (including phenoxy) is 2. The number of pyridine rings is 1. The van der Waals surface area contributed by atoms with E-state index < -0.39 is 0 Å². The van der Waals surface area contributed by atoms with Gasteiger partial charge >= 0.3 is 0 Å². The SMILES string of the molecule is c1cc(CNc2nc(-c3ccncc3)nc3c2CCC3)c2c(c1)OCCCO2. The number of fused-ring (bicyclic) bond motifs is 2. The number of rotatable bonds is 4. The number of anilines is 1. The van der Waals surface area contributed by atoms with Crippen molar-refractivity contribution < 1.29 is 9.47 Å². The van der Waals surface area contributed by atoms with Crippen LogP contribution in [-0.4, -0.2) is 28.2 Å². The first-order valence-corrected chi connectivity index (χ1v) is 9.80. The number of aryl methyl sites for hydroxylation is 1. The van der Waals surface area contributed by atoms with Crippen molar-refractivity contribution in [3.05, 3.63) is 59.5 Å². The summed E-state index contributed by atoms with van der Waals surface area (Å²) in [5, 5.41) is 3.54. The maximum absolute atomic E-state index is 5.95. The molecule has 0 amide bonds. The van der Waals surface area contributed by atoms with Crippen molar-refractivity contribution in [2.24, 2.45) is 0 Å². The van der Waals surface area contributed by atoms with Gasteiger partial charge in [-0.25, -0.2) is 9.97 Å². The Balaban J connectivity index is 1.46. The predicted octanol–water partition coefficient (Wildman–Crippen LogP) is 3.80. The van der Waals surface area contributed by atoms with Crippen molar-refractivity contribution in [2.45, 2.75) is 32.2 Å². The molecule has 5 rings (SSSR count). The molecular formula is C22H22N4O2. The Morgan fingerprint density at radius 1 is 0.929 bits per heavy atom. The molecular weight excluding hydrogens is 352 g/mol. The smallest absolute Gasteiger partial charge is 0.166 e. The van der Waals surface area contributed by atoms with Crippen LogP contribution >= 0.6 is 0 Å². The lowest BCUT2D eigenvalue weighted by Crippen LogP contribution is -2.09. The highest BCUT2D eigenvalue weighted by molar-refractivity contribution is 5.60. The quantitative estimate of drug-likeness (QED) is 0.749. The van der Waals surface area contributed by atoms with E-state index in [4.69, 9.17) is 19.4 Å². The van der Waals surface area contributed by atoms with Crippen molar-refractivity contribution in [3.63, 3.8) is 0 Å². The van der Waals surface area contributed by atoms with Crippen LogP contribution in [0.1, 0.15) is 29.7 Å². The molecule has 6 nitrogen and oxygen atoms in total. The first kappa shape index (κ1) is 17.0. The van der Waals surface area contributed by atoms with Gasteiger partial charge in [0.25, 0.3) is 0 Å². The van der Waals surface area contributed by atoms with E-state index in [-0.39, 0.29) is 0 Å². The summed E-state index contributed by atoms with van der Waals surface area (Å²) >= 11 is 0. The van der Waals surface area contributed by atoms with Gasteiger partial charge in [0.1, 0.15) is 5.82 Å². The molecule has 0 unspecified atom stereocenters. The van der Waals surface area contributed by atoms with Gasteiger partial charge in [-0.05, 0) is 37.5 Å². The Bertz CT molecular complexity index is 991. The molecule has 2 aliphatic rings. The molecule has 6 heteroatoms. The second-order valence-corrected chi connectivity index (χ2v) is 7.06. The highest BCUT2D eigenvalue weighted by Crippen LogP contribution is 2.34. The highest BCUT2D eigenvalue weighted by atomic mass is 16.5. The summed E-state index contributed by atoms with van der Waals surface area (Å²) in [6.07, 6.45) is 7.58. The minimum absolute atomic E-state index is 0.631. The van der Waals surface area contributed by atoms with Crippen molar-refractivity contribution in [2.75, 3.05) is 18.5 Å². The van der Waals surface area contributed by atoms with Crippen LogP contribution < -0.4 is 14.8 Å². The van der Waals surface area contributed by atoms with E-state index in [1.807, 2.05) is 24.3 Å². The van der Waals surface area contributed by atoms with Gasteiger partial charge in [-0.1, -0.05) is 12.1 Å². The lowest BCUT2D eigenvalue weighted by molar-refractivity contribution is 0.296. The number of hydrogen-bond donors (Lipinski definition) is 1. The lowest BCUT2D eigenvalue weighted by atomic mass is 10.1. The molecule has 3 aromatic rings. The Kier molecular flexibility index (Phi) is 4.53. The molecule has 142 valence electrons. The van der Waals surface area contributed by atoms with Crippen LogP contribution in [0.25, 0.3) is 11.4 Å². The second kappa shape index (κ2) is 7.46. The van der Waals surface area contributed by atoms with Gasteiger partial charge in [0.2, 0.25) is 0 Å². The second-order valence-electron chi connectivity index (χ2n) is 7.06. The van der Waals surface area contributed by atoms with Crippen LogP contribution in [0.15, 0.2) is 42.7 Å². The van der Waals surface area contributed by atoms with Gasteiger partial charge in [0.15, 0.2) is 17.3 Å². The van der Waals surface area contributed by atoms with E-state index in [1.54, 1.807) is 12.4 Å². The van der Waals surface area contributed by atoms with Crippen LogP contribution in [0.4, 0.5) is 5.82 Å². The topological polar surface area (TPSA) is 69.2 Å². The van der Waals surface area contributed by atoms with Gasteiger partial charge in [0, 0.05) is 47.7 Å². The van der Waals surface area contributed by atoms with Gasteiger partial charge < -0.3 is 14.8 Å². The standard InChI is InChI=1S/C22H22N4O2/c1-4-16(20-19(7-1)27-12-3-13-28-20)14-24-22-17-5-2-6-18(17)25-21(26-22)15-8-10-23-11-9-15/h1,4,7-11H,2-3,5-6,12-14H2,(H,24,25,26). The Morgan fingerprint density at radius 2 is 1.82 bits per heavy atom. The monoisotopic (exact) mass is 374 g/mol. The van der Waals surface area contributed by atoms with Crippen molar-refractivity contribution in [1.29, 1.82) is 0 Å². The van der Waals surface area contributed by atoms with Crippen molar-refractivity contribution >= 4 is 5.82 Å². The summed E-state index contributed by atoms with van der Waals surface area (Å²) in [5.74, 6) is 3.33. The number of para-hydroxylation sites is 1. The fourth-order valence-electron chi connectivity index (χ4n) is 3.78. The minimum atomic E-state index is 0.631. The summed E-state index contributed by atoms with van der Waals surface area (Å²) in [5.41, 5.74) is 4.45. The van der Waals surface area contributed by atoms with Crippen LogP contribution in [-0.2, 0) is 19.4 Å². The summed E-state index contributed by atoms with van der Waals surface area (Å²) in [6, 6.07) is 9.95. The van der Waals surface area contributed by atoms with Gasteiger partial charge in [0.05, 0.1) is 13.2 Å². The predicted molar refractivity (Wildman–Crippen MR) is 107 cm³/mol. The van der Waals surface area contributed by atoms with Crippen molar-refractivity contribution in [1.82, 2.24) is 15.0 Å². The molecule has 0 saturated heterocycles. The number of nitrogens with zero attached hydrogens (tertiary/aromatic N) is 3. The average molecular weight is 374 g/mol. The zero-order valence-corrected chi connectivity index (χ0v) is 15.6. The molecule has 1 aliphatic carbocycles. The summed E-state index contributed by atoms with van der Waals surface area (Å²) in [7, 11) is 0. The van der Waals surface area contributed by atoms with Crippen LogP contribution in [0.3, 0.4) is 0 Å². The van der Waals surface area contributed by atoms with Crippen LogP contribution in [0.2, 0.25) is 0 Å². The largest absolute Gasteiger partial charge is 0.490 e. The molecule has 2 aromatic heterocycles. The molecule has 1 aromatic carbocycles. The molecule has 1 aliphatic heterocycles. The third kappa shape index (κ3) is 3.26. The summed E-state index contributed by atoms with van der Waals surface area (Å²) in [4.78, 5) is 13.7. The Labute approximate surface area is 164 Å². The molecule has 0 atom stereocenters. The first-order valence-electron chi connectivity index (χ1n) is 9.80. The van der Waals surface area contributed by atoms with Gasteiger partial charge in [-0.3, -0.25) is 4.98 Å². The molecule has 3 heterocycles. The fraction of sp³-hybridized carbons (Fsp3) is 0.318. The first-order chi connectivity index (χ1) is 13.9. The zero-order chi connectivity index (χ0) is 18.8. The van der Waals surface area contributed by atoms with Gasteiger partial charge in [-0.15, -0.1) is 0 Å². The molecule has 0 radical (unpaired) electrons. The molecule has 0 saturated carbocycles. The maximum atomic E-state index is 5.95. The Hall–Kier alpha value is -3.15. The fourth-order valence-corrected chi connectivity index (χ4v) is 3.78. The van der Waals surface area contributed by atoms with E-state index in [1.165, 1.54) is 5.56 Å². The third-order valence-corrected chi connectivity index (χ3v) is 5.17. The van der Waals surface area contributed by atoms with E-state index in [9.17, 15) is 0 Å². The summed E-state index contributed by atoms with van der Waals surface area (Å²) in [6.45, 7) is 2.00. The van der Waals surface area contributed by atoms with E-state index in [2.05, 4.69) is 16.4 Å². The molecule has 0 bridgehead atoms.